The molecule has 3 heterocycles. The van der Waals surface area contributed by atoms with Crippen molar-refractivity contribution in [3.05, 3.63) is 51.4 Å². The van der Waals surface area contributed by atoms with Gasteiger partial charge in [-0.05, 0) is 108 Å². The van der Waals surface area contributed by atoms with E-state index >= 15 is 0 Å². The number of aromatic nitrogens is 3. The summed E-state index contributed by atoms with van der Waals surface area (Å²) in [6.07, 6.45) is 8.47. The highest BCUT2D eigenvalue weighted by atomic mass is 35.5. The van der Waals surface area contributed by atoms with Gasteiger partial charge in [0.25, 0.3) is 5.56 Å². The lowest BCUT2D eigenvalue weighted by atomic mass is 10.00. The summed E-state index contributed by atoms with van der Waals surface area (Å²) in [6.45, 7) is 7.79. The van der Waals surface area contributed by atoms with Gasteiger partial charge in [0.2, 0.25) is 5.95 Å². The van der Waals surface area contributed by atoms with Crippen molar-refractivity contribution in [2.75, 3.05) is 18.4 Å². The maximum Gasteiger partial charge on any atom is 0.271 e. The molecule has 6 rings (SSSR count). The molecule has 10 heteroatoms. The number of halogens is 1. The molecule has 0 radical (unpaired) electrons. The number of nitrogens with zero attached hydrogens (tertiary/aromatic N) is 4. The number of fused-ring (bicyclic) bond motifs is 1. The monoisotopic (exact) mass is 569 g/mol. The molecule has 3 aliphatic rings. The number of rotatable bonds is 6. The molecular formula is C29H36ClN5O3S. The second-order valence-electron chi connectivity index (χ2n) is 11.9. The van der Waals surface area contributed by atoms with Gasteiger partial charge in [-0.3, -0.25) is 9.36 Å². The molecule has 2 saturated carbocycles. The summed E-state index contributed by atoms with van der Waals surface area (Å²) in [5.41, 5.74) is 2.11. The van der Waals surface area contributed by atoms with Crippen LogP contribution in [0.15, 0.2) is 40.2 Å². The number of benzene rings is 1. The van der Waals surface area contributed by atoms with Gasteiger partial charge < -0.3 is 10.2 Å². The predicted octanol–water partition coefficient (Wildman–Crippen LogP) is 5.65. The highest BCUT2D eigenvalue weighted by Crippen LogP contribution is 2.63. The van der Waals surface area contributed by atoms with Gasteiger partial charge in [0.15, 0.2) is 9.84 Å². The number of hydrogen-bond acceptors (Lipinski definition) is 7. The summed E-state index contributed by atoms with van der Waals surface area (Å²) in [4.78, 5) is 25.2. The van der Waals surface area contributed by atoms with Crippen molar-refractivity contribution < 1.29 is 8.42 Å². The summed E-state index contributed by atoms with van der Waals surface area (Å²) in [7, 11) is -3.42. The molecule has 0 amide bonds. The van der Waals surface area contributed by atoms with E-state index in [0.717, 1.165) is 61.8 Å². The Bertz CT molecular complexity index is 1590. The smallest absolute Gasteiger partial charge is 0.271 e. The van der Waals surface area contributed by atoms with E-state index in [2.05, 4.69) is 29.0 Å². The maximum atomic E-state index is 13.4. The molecule has 2 aromatic heterocycles. The van der Waals surface area contributed by atoms with Crippen molar-refractivity contribution in [1.82, 2.24) is 19.4 Å². The van der Waals surface area contributed by atoms with Crippen LogP contribution in [0.5, 0.6) is 0 Å². The fourth-order valence-corrected chi connectivity index (χ4v) is 8.70. The molecule has 1 atom stereocenters. The number of nitrogens with one attached hydrogen (secondary N) is 1. The van der Waals surface area contributed by atoms with Gasteiger partial charge in [-0.25, -0.2) is 13.4 Å². The van der Waals surface area contributed by atoms with E-state index in [9.17, 15) is 13.2 Å². The normalized spacial score (nSPS) is 21.7. The Hall–Kier alpha value is -2.49. The van der Waals surface area contributed by atoms with Crippen molar-refractivity contribution in [2.45, 2.75) is 87.9 Å². The van der Waals surface area contributed by atoms with Gasteiger partial charge in [-0.2, -0.15) is 4.98 Å². The quantitative estimate of drug-likeness (QED) is 0.410. The minimum absolute atomic E-state index is 0.104. The van der Waals surface area contributed by atoms with Crippen molar-refractivity contribution in [3.8, 4) is 0 Å². The third-order valence-corrected chi connectivity index (χ3v) is 11.7. The first kappa shape index (κ1) is 26.7. The van der Waals surface area contributed by atoms with Gasteiger partial charge in [-0.1, -0.05) is 18.0 Å². The highest BCUT2D eigenvalue weighted by Gasteiger charge is 2.53. The van der Waals surface area contributed by atoms with Crippen LogP contribution in [0.3, 0.4) is 0 Å². The summed E-state index contributed by atoms with van der Waals surface area (Å²) >= 11 is 6.35. The molecule has 3 fully saturated rings. The molecule has 39 heavy (non-hydrogen) atoms. The summed E-state index contributed by atoms with van der Waals surface area (Å²) in [6, 6.07) is 7.37. The number of anilines is 2. The molecule has 8 nitrogen and oxygen atoms in total. The van der Waals surface area contributed by atoms with E-state index < -0.39 is 9.84 Å². The minimum atomic E-state index is -3.42. The van der Waals surface area contributed by atoms with Crippen LogP contribution in [-0.2, 0) is 9.84 Å². The van der Waals surface area contributed by atoms with Crippen molar-refractivity contribution >= 4 is 44.1 Å². The average molecular weight is 570 g/mol. The maximum absolute atomic E-state index is 13.4. The van der Waals surface area contributed by atoms with Crippen LogP contribution < -0.4 is 10.9 Å². The van der Waals surface area contributed by atoms with E-state index in [1.807, 2.05) is 6.92 Å². The van der Waals surface area contributed by atoms with Crippen LogP contribution in [-0.4, -0.2) is 52.2 Å². The molecule has 1 saturated heterocycles. The van der Waals surface area contributed by atoms with Gasteiger partial charge in [0.05, 0.1) is 10.1 Å². The standard InChI is InChI=1S/C29H36ClN5O3S/c1-18(2)34-13-8-21(9-14-34)39(37,38)22-6-7-24(19(3)15-22)32-28-31-17-20-16-23(30)27(36)35(26(20)33-28)25-5-4-10-29(25)11-12-29/h6-7,15-18,21,25H,4-5,8-14H2,1-3H3,(H,31,32,33). The Kier molecular flexibility index (Phi) is 6.75. The van der Waals surface area contributed by atoms with Crippen LogP contribution in [0.4, 0.5) is 11.6 Å². The van der Waals surface area contributed by atoms with Gasteiger partial charge in [-0.15, -0.1) is 0 Å². The lowest BCUT2D eigenvalue weighted by Crippen LogP contribution is -2.42. The summed E-state index contributed by atoms with van der Waals surface area (Å²) in [5.74, 6) is 0.362. The van der Waals surface area contributed by atoms with Gasteiger partial charge in [0, 0.05) is 29.4 Å². The zero-order valence-corrected chi connectivity index (χ0v) is 24.4. The zero-order chi connectivity index (χ0) is 27.5. The molecule has 1 N–H and O–H groups in total. The van der Waals surface area contributed by atoms with Crippen LogP contribution >= 0.6 is 11.6 Å². The van der Waals surface area contributed by atoms with Crippen molar-refractivity contribution in [2.24, 2.45) is 5.41 Å². The summed E-state index contributed by atoms with van der Waals surface area (Å²) in [5, 5.41) is 3.82. The van der Waals surface area contributed by atoms with E-state index in [0.29, 0.717) is 35.4 Å². The molecule has 1 spiro atoms. The van der Waals surface area contributed by atoms with E-state index in [1.54, 1.807) is 35.0 Å². The Morgan fingerprint density at radius 1 is 1.10 bits per heavy atom. The first-order valence-electron chi connectivity index (χ1n) is 14.0. The highest BCUT2D eigenvalue weighted by molar-refractivity contribution is 7.92. The molecule has 1 aromatic carbocycles. The van der Waals surface area contributed by atoms with Crippen LogP contribution in [0.25, 0.3) is 11.0 Å². The second-order valence-corrected chi connectivity index (χ2v) is 14.5. The van der Waals surface area contributed by atoms with E-state index in [1.165, 1.54) is 0 Å². The van der Waals surface area contributed by atoms with Crippen molar-refractivity contribution in [3.63, 3.8) is 0 Å². The first-order valence-corrected chi connectivity index (χ1v) is 15.9. The first-order chi connectivity index (χ1) is 18.6. The Labute approximate surface area is 234 Å². The fourth-order valence-electron chi connectivity index (χ4n) is 6.67. The number of likely N-dealkylation sites (tertiary alicyclic amines) is 1. The number of aryl methyl sites for hydroxylation is 1. The van der Waals surface area contributed by atoms with E-state index in [-0.39, 0.29) is 27.3 Å². The molecule has 1 unspecified atom stereocenters. The van der Waals surface area contributed by atoms with Gasteiger partial charge >= 0.3 is 0 Å². The summed E-state index contributed by atoms with van der Waals surface area (Å²) < 4.78 is 28.6. The Morgan fingerprint density at radius 2 is 1.85 bits per heavy atom. The number of hydrogen-bond donors (Lipinski definition) is 1. The second kappa shape index (κ2) is 9.85. The molecule has 0 bridgehead atoms. The molecule has 208 valence electrons. The lowest BCUT2D eigenvalue weighted by Gasteiger charge is -2.34. The Balaban J connectivity index is 1.28. The van der Waals surface area contributed by atoms with Gasteiger partial charge in [0.1, 0.15) is 10.7 Å². The third-order valence-electron chi connectivity index (χ3n) is 9.21. The average Bonchev–Trinajstić information content (AvgIpc) is 3.58. The van der Waals surface area contributed by atoms with Crippen LogP contribution in [0.2, 0.25) is 5.02 Å². The molecule has 3 aromatic rings. The third kappa shape index (κ3) is 4.76. The fraction of sp³-hybridized carbons (Fsp3) is 0.552. The molecule has 2 aliphatic carbocycles. The predicted molar refractivity (Wildman–Crippen MR) is 155 cm³/mol. The van der Waals surface area contributed by atoms with Crippen LogP contribution in [0, 0.1) is 12.3 Å². The van der Waals surface area contributed by atoms with Crippen LogP contribution in [0.1, 0.15) is 70.4 Å². The number of sulfone groups is 1. The number of piperidine rings is 1. The SMILES string of the molecule is Cc1cc(S(=O)(=O)C2CCN(C(C)C)CC2)ccc1Nc1ncc2cc(Cl)c(=O)n(C3CCCC34CC4)c2n1. The zero-order valence-electron chi connectivity index (χ0n) is 22.8. The largest absolute Gasteiger partial charge is 0.324 e. The molecule has 1 aliphatic heterocycles. The topological polar surface area (TPSA) is 97.2 Å². The Morgan fingerprint density at radius 3 is 2.51 bits per heavy atom. The van der Waals surface area contributed by atoms with Crippen molar-refractivity contribution in [1.29, 1.82) is 0 Å². The minimum Gasteiger partial charge on any atom is -0.324 e. The van der Waals surface area contributed by atoms with E-state index in [4.69, 9.17) is 16.6 Å². The molecular weight excluding hydrogens is 534 g/mol. The number of pyridine rings is 1. The lowest BCUT2D eigenvalue weighted by molar-refractivity contribution is 0.186.